The second-order valence-electron chi connectivity index (χ2n) is 7.39. The molecule has 1 saturated heterocycles. The maximum absolute atomic E-state index is 12.8. The Bertz CT molecular complexity index is 486. The molecule has 0 aromatic heterocycles. The fourth-order valence-electron chi connectivity index (χ4n) is 3.81. The molecule has 24 heavy (non-hydrogen) atoms. The number of nitrogens with one attached hydrogen (secondary N) is 1. The van der Waals surface area contributed by atoms with Crippen molar-refractivity contribution in [2.45, 2.75) is 46.1 Å². The zero-order valence-electron chi connectivity index (χ0n) is 15.5. The first-order valence-corrected chi connectivity index (χ1v) is 9.02. The van der Waals surface area contributed by atoms with Gasteiger partial charge in [0.15, 0.2) is 0 Å². The van der Waals surface area contributed by atoms with Crippen molar-refractivity contribution in [3.05, 3.63) is 35.9 Å². The van der Waals surface area contributed by atoms with E-state index in [1.807, 2.05) is 18.0 Å². The van der Waals surface area contributed by atoms with Gasteiger partial charge in [-0.3, -0.25) is 4.79 Å². The van der Waals surface area contributed by atoms with Gasteiger partial charge in [0.1, 0.15) is 0 Å². The van der Waals surface area contributed by atoms with E-state index in [-0.39, 0.29) is 24.4 Å². The first kappa shape index (κ1) is 21.0. The quantitative estimate of drug-likeness (QED) is 0.828. The van der Waals surface area contributed by atoms with E-state index in [0.717, 1.165) is 13.1 Å². The van der Waals surface area contributed by atoms with Crippen LogP contribution in [0.25, 0.3) is 0 Å². The van der Waals surface area contributed by atoms with Crippen molar-refractivity contribution in [2.24, 2.45) is 17.8 Å². The molecular weight excluding hydrogens is 320 g/mol. The third-order valence-electron chi connectivity index (χ3n) is 5.22. The Morgan fingerprint density at radius 2 is 1.92 bits per heavy atom. The summed E-state index contributed by atoms with van der Waals surface area (Å²) in [6.07, 6.45) is 3.13. The summed E-state index contributed by atoms with van der Waals surface area (Å²) in [7, 11) is 1.96. The summed E-state index contributed by atoms with van der Waals surface area (Å²) < 4.78 is 0. The van der Waals surface area contributed by atoms with E-state index < -0.39 is 0 Å². The van der Waals surface area contributed by atoms with Crippen LogP contribution in [0.1, 0.15) is 51.6 Å². The van der Waals surface area contributed by atoms with Crippen molar-refractivity contribution in [3.63, 3.8) is 0 Å². The fraction of sp³-hybridized carbons (Fsp3) is 0.650. The third-order valence-corrected chi connectivity index (χ3v) is 5.22. The lowest BCUT2D eigenvalue weighted by molar-refractivity contribution is -0.134. The van der Waals surface area contributed by atoms with Crippen LogP contribution in [-0.2, 0) is 4.79 Å². The molecule has 1 aliphatic rings. The number of carbonyl (C=O) groups excluding carboxylic acids is 1. The van der Waals surface area contributed by atoms with E-state index in [1.54, 1.807) is 0 Å². The highest BCUT2D eigenvalue weighted by Crippen LogP contribution is 2.30. The van der Waals surface area contributed by atoms with Crippen LogP contribution in [0.2, 0.25) is 0 Å². The molecule has 136 valence electrons. The van der Waals surface area contributed by atoms with Crippen LogP contribution in [0.5, 0.6) is 0 Å². The molecule has 1 fully saturated rings. The Balaban J connectivity index is 0.00000288. The first-order valence-electron chi connectivity index (χ1n) is 9.02. The number of hydrogen-bond donors (Lipinski definition) is 1. The minimum atomic E-state index is 0. The van der Waals surface area contributed by atoms with E-state index in [1.165, 1.54) is 18.4 Å². The highest BCUT2D eigenvalue weighted by atomic mass is 35.5. The van der Waals surface area contributed by atoms with Gasteiger partial charge in [0, 0.05) is 13.5 Å². The molecule has 3 atom stereocenters. The Hall–Kier alpha value is -1.06. The molecule has 1 amide bonds. The van der Waals surface area contributed by atoms with E-state index in [9.17, 15) is 4.79 Å². The summed E-state index contributed by atoms with van der Waals surface area (Å²) >= 11 is 0. The number of nitrogens with zero attached hydrogens (tertiary/aromatic N) is 1. The molecule has 3 nitrogen and oxygen atoms in total. The Morgan fingerprint density at radius 1 is 1.25 bits per heavy atom. The highest BCUT2D eigenvalue weighted by Gasteiger charge is 2.28. The number of benzene rings is 1. The van der Waals surface area contributed by atoms with Crippen LogP contribution >= 0.6 is 12.4 Å². The minimum absolute atomic E-state index is 0. The smallest absolute Gasteiger partial charge is 0.223 e. The van der Waals surface area contributed by atoms with Crippen molar-refractivity contribution < 1.29 is 4.79 Å². The molecule has 1 aromatic carbocycles. The second kappa shape index (κ2) is 10.0. The first-order chi connectivity index (χ1) is 11.0. The maximum atomic E-state index is 12.8. The van der Waals surface area contributed by atoms with Gasteiger partial charge in [-0.05, 0) is 49.2 Å². The second-order valence-corrected chi connectivity index (χ2v) is 7.39. The molecule has 1 heterocycles. The van der Waals surface area contributed by atoms with Gasteiger partial charge in [-0.25, -0.2) is 0 Å². The zero-order valence-corrected chi connectivity index (χ0v) is 16.3. The summed E-state index contributed by atoms with van der Waals surface area (Å²) in [5.41, 5.74) is 1.23. The van der Waals surface area contributed by atoms with Gasteiger partial charge in [-0.2, -0.15) is 0 Å². The summed E-state index contributed by atoms with van der Waals surface area (Å²) in [5, 5.41) is 3.46. The topological polar surface area (TPSA) is 32.3 Å². The SMILES string of the molecule is CC(C)C(c1ccccc1)N(C)C(=O)CC(C)C1CCCNC1.Cl. The van der Waals surface area contributed by atoms with E-state index in [0.29, 0.717) is 24.2 Å². The van der Waals surface area contributed by atoms with Crippen LogP contribution in [-0.4, -0.2) is 30.9 Å². The van der Waals surface area contributed by atoms with Crippen molar-refractivity contribution in [1.82, 2.24) is 10.2 Å². The van der Waals surface area contributed by atoms with Crippen molar-refractivity contribution >= 4 is 18.3 Å². The van der Waals surface area contributed by atoms with Crippen molar-refractivity contribution in [2.75, 3.05) is 20.1 Å². The zero-order chi connectivity index (χ0) is 16.8. The van der Waals surface area contributed by atoms with Crippen LogP contribution in [0, 0.1) is 17.8 Å². The van der Waals surface area contributed by atoms with Crippen LogP contribution < -0.4 is 5.32 Å². The third kappa shape index (κ3) is 5.49. The van der Waals surface area contributed by atoms with E-state index in [2.05, 4.69) is 50.4 Å². The Morgan fingerprint density at radius 3 is 2.46 bits per heavy atom. The Labute approximate surface area is 153 Å². The summed E-state index contributed by atoms with van der Waals surface area (Å²) in [4.78, 5) is 14.8. The highest BCUT2D eigenvalue weighted by molar-refractivity contribution is 5.85. The van der Waals surface area contributed by atoms with Gasteiger partial charge in [0.25, 0.3) is 0 Å². The molecule has 3 unspecified atom stereocenters. The van der Waals surface area contributed by atoms with E-state index >= 15 is 0 Å². The lowest BCUT2D eigenvalue weighted by atomic mass is 9.85. The lowest BCUT2D eigenvalue weighted by Gasteiger charge is -2.34. The average molecular weight is 353 g/mol. The number of halogens is 1. The van der Waals surface area contributed by atoms with Crippen LogP contribution in [0.15, 0.2) is 30.3 Å². The monoisotopic (exact) mass is 352 g/mol. The predicted molar refractivity (Wildman–Crippen MR) is 103 cm³/mol. The molecule has 1 aromatic rings. The molecule has 0 spiro atoms. The molecule has 0 aliphatic carbocycles. The number of rotatable bonds is 6. The lowest BCUT2D eigenvalue weighted by Crippen LogP contribution is -2.38. The molecule has 0 bridgehead atoms. The Kier molecular flexibility index (Phi) is 8.79. The van der Waals surface area contributed by atoms with Gasteiger partial charge >= 0.3 is 0 Å². The average Bonchev–Trinajstić information content (AvgIpc) is 2.56. The summed E-state index contributed by atoms with van der Waals surface area (Å²) in [6.45, 7) is 8.80. The van der Waals surface area contributed by atoms with Crippen LogP contribution in [0.4, 0.5) is 0 Å². The standard InChI is InChI=1S/C20H32N2O.ClH/c1-15(2)20(17-9-6-5-7-10-17)22(4)19(23)13-16(3)18-11-8-12-21-14-18;/h5-7,9-10,15-16,18,20-21H,8,11-14H2,1-4H3;1H. The summed E-state index contributed by atoms with van der Waals surface area (Å²) in [5.74, 6) is 1.75. The number of amides is 1. The fourth-order valence-corrected chi connectivity index (χ4v) is 3.81. The van der Waals surface area contributed by atoms with Gasteiger partial charge in [-0.1, -0.05) is 51.1 Å². The van der Waals surface area contributed by atoms with Gasteiger partial charge in [0.05, 0.1) is 6.04 Å². The summed E-state index contributed by atoms with van der Waals surface area (Å²) in [6, 6.07) is 10.5. The number of carbonyl (C=O) groups is 1. The molecule has 1 N–H and O–H groups in total. The predicted octanol–water partition coefficient (Wildman–Crippen LogP) is 4.29. The molecule has 1 aliphatic heterocycles. The molecule has 2 rings (SSSR count). The van der Waals surface area contributed by atoms with Gasteiger partial charge < -0.3 is 10.2 Å². The van der Waals surface area contributed by atoms with Gasteiger partial charge in [0.2, 0.25) is 5.91 Å². The van der Waals surface area contributed by atoms with Crippen LogP contribution in [0.3, 0.4) is 0 Å². The normalized spacial score (nSPS) is 20.1. The largest absolute Gasteiger partial charge is 0.338 e. The van der Waals surface area contributed by atoms with Crippen molar-refractivity contribution in [1.29, 1.82) is 0 Å². The minimum Gasteiger partial charge on any atom is -0.338 e. The number of hydrogen-bond acceptors (Lipinski definition) is 2. The molecule has 0 radical (unpaired) electrons. The number of piperidine rings is 1. The maximum Gasteiger partial charge on any atom is 0.223 e. The van der Waals surface area contributed by atoms with Crippen molar-refractivity contribution in [3.8, 4) is 0 Å². The molecule has 4 heteroatoms. The molecule has 0 saturated carbocycles. The molecular formula is C20H33ClN2O. The van der Waals surface area contributed by atoms with E-state index in [4.69, 9.17) is 0 Å². The van der Waals surface area contributed by atoms with Gasteiger partial charge in [-0.15, -0.1) is 12.4 Å².